The molecule has 1 aliphatic heterocycles. The average Bonchev–Trinajstić information content (AvgIpc) is 3.10. The maximum absolute atomic E-state index is 12.9. The minimum Gasteiger partial charge on any atom is -0.381 e. The van der Waals surface area contributed by atoms with Gasteiger partial charge in [0.25, 0.3) is 0 Å². The summed E-state index contributed by atoms with van der Waals surface area (Å²) in [6.07, 6.45) is 4.51. The first kappa shape index (κ1) is 29.7. The van der Waals surface area contributed by atoms with Gasteiger partial charge in [-0.3, -0.25) is 4.79 Å². The number of aromatic amines is 1. The number of aryl methyl sites for hydroxylation is 1. The molecule has 0 spiro atoms. The standard InChI is InChI=1S/C26H26N2O2S.C7H15NO/c1-17-6-5-7-18(14-17)25-22-15-20(10-13-23(22)27-24(25)16-29)28-31(30)21-11-8-19(9-12-21)26(2,3)4;1-8-7-3-2-5-9-6-4-7/h5-16,27-28H,1-4H3;7-8H,2-6H2,1H3. The number of nitrogens with one attached hydrogen (secondary N) is 3. The van der Waals surface area contributed by atoms with E-state index >= 15 is 0 Å². The number of hydrogen-bond acceptors (Lipinski definition) is 4. The van der Waals surface area contributed by atoms with E-state index in [1.165, 1.54) is 24.8 Å². The summed E-state index contributed by atoms with van der Waals surface area (Å²) < 4.78 is 21.3. The largest absolute Gasteiger partial charge is 0.381 e. The van der Waals surface area contributed by atoms with Crippen molar-refractivity contribution in [1.29, 1.82) is 0 Å². The van der Waals surface area contributed by atoms with Crippen LogP contribution in [0.15, 0.2) is 71.6 Å². The van der Waals surface area contributed by atoms with Crippen LogP contribution in [0, 0.1) is 6.92 Å². The molecule has 1 fully saturated rings. The highest BCUT2D eigenvalue weighted by Crippen LogP contribution is 2.34. The van der Waals surface area contributed by atoms with Gasteiger partial charge in [-0.1, -0.05) is 62.7 Å². The van der Waals surface area contributed by atoms with Crippen LogP contribution in [0.25, 0.3) is 22.0 Å². The predicted octanol–water partition coefficient (Wildman–Crippen LogP) is 7.16. The molecule has 0 amide bonds. The van der Waals surface area contributed by atoms with Gasteiger partial charge in [-0.2, -0.15) is 0 Å². The van der Waals surface area contributed by atoms with E-state index in [2.05, 4.69) is 41.9 Å². The topological polar surface area (TPSA) is 83.2 Å². The lowest BCUT2D eigenvalue weighted by molar-refractivity contribution is 0.112. The summed E-state index contributed by atoms with van der Waals surface area (Å²) >= 11 is 0. The molecule has 2 atom stereocenters. The van der Waals surface area contributed by atoms with Gasteiger partial charge < -0.3 is 19.8 Å². The number of carbonyl (C=O) groups is 1. The molecule has 2 unspecified atom stereocenters. The van der Waals surface area contributed by atoms with Gasteiger partial charge in [0.05, 0.1) is 10.6 Å². The minimum absolute atomic E-state index is 0.0508. The zero-order valence-corrected chi connectivity index (χ0v) is 25.0. The van der Waals surface area contributed by atoms with Crippen molar-refractivity contribution in [2.45, 2.75) is 63.3 Å². The van der Waals surface area contributed by atoms with E-state index in [1.807, 2.05) is 74.6 Å². The van der Waals surface area contributed by atoms with Crippen LogP contribution in [0.2, 0.25) is 0 Å². The third kappa shape index (κ3) is 7.47. The molecule has 1 aromatic heterocycles. The Morgan fingerprint density at radius 3 is 2.45 bits per heavy atom. The third-order valence-electron chi connectivity index (χ3n) is 7.26. The van der Waals surface area contributed by atoms with E-state index < -0.39 is 11.0 Å². The zero-order chi connectivity index (χ0) is 28.7. The molecular weight excluding hydrogens is 518 g/mol. The number of fused-ring (bicyclic) bond motifs is 1. The van der Waals surface area contributed by atoms with Crippen LogP contribution in [-0.4, -0.2) is 41.8 Å². The van der Waals surface area contributed by atoms with Crippen molar-refractivity contribution in [3.05, 3.63) is 83.6 Å². The third-order valence-corrected chi connectivity index (χ3v) is 8.38. The zero-order valence-electron chi connectivity index (χ0n) is 24.2. The number of carbonyl (C=O) groups excluding carboxylic acids is 1. The molecule has 1 saturated heterocycles. The van der Waals surface area contributed by atoms with E-state index in [1.54, 1.807) is 0 Å². The first-order valence-corrected chi connectivity index (χ1v) is 15.1. The molecule has 5 rings (SSSR count). The Bertz CT molecular complexity index is 1450. The van der Waals surface area contributed by atoms with Crippen molar-refractivity contribution in [1.82, 2.24) is 10.3 Å². The molecule has 212 valence electrons. The second-order valence-corrected chi connectivity index (χ2v) is 12.5. The smallest absolute Gasteiger partial charge is 0.166 e. The van der Waals surface area contributed by atoms with Gasteiger partial charge >= 0.3 is 0 Å². The molecule has 40 heavy (non-hydrogen) atoms. The fourth-order valence-electron chi connectivity index (χ4n) is 4.91. The van der Waals surface area contributed by atoms with Crippen LogP contribution in [-0.2, 0) is 21.1 Å². The molecule has 3 aromatic carbocycles. The maximum Gasteiger partial charge on any atom is 0.166 e. The number of H-pyrrole nitrogens is 1. The van der Waals surface area contributed by atoms with Crippen LogP contribution < -0.4 is 10.0 Å². The van der Waals surface area contributed by atoms with Gasteiger partial charge in [0, 0.05) is 41.4 Å². The number of rotatable bonds is 6. The highest BCUT2D eigenvalue weighted by Gasteiger charge is 2.16. The Hall–Kier alpha value is -3.26. The Labute approximate surface area is 240 Å². The van der Waals surface area contributed by atoms with E-state index in [0.717, 1.165) is 57.7 Å². The SMILES string of the molecule is CNC1CCCOCC1.Cc1cccc(-c2c(C=O)[nH]c3ccc(NS(=O)c4ccc(C(C)(C)C)cc4)cc23)c1. The van der Waals surface area contributed by atoms with Crippen LogP contribution >= 0.6 is 0 Å². The molecule has 0 bridgehead atoms. The summed E-state index contributed by atoms with van der Waals surface area (Å²) in [6.45, 7) is 10.4. The van der Waals surface area contributed by atoms with Gasteiger partial charge in [-0.05, 0) is 80.1 Å². The lowest BCUT2D eigenvalue weighted by Gasteiger charge is -2.19. The lowest BCUT2D eigenvalue weighted by atomic mass is 9.87. The predicted molar refractivity (Wildman–Crippen MR) is 167 cm³/mol. The van der Waals surface area contributed by atoms with Crippen molar-refractivity contribution >= 4 is 33.9 Å². The Morgan fingerprint density at radius 1 is 1.00 bits per heavy atom. The normalized spacial score (nSPS) is 16.5. The molecule has 3 N–H and O–H groups in total. The van der Waals surface area contributed by atoms with Gasteiger partial charge in [-0.15, -0.1) is 0 Å². The van der Waals surface area contributed by atoms with Crippen molar-refractivity contribution in [2.75, 3.05) is 25.0 Å². The van der Waals surface area contributed by atoms with E-state index in [9.17, 15) is 9.00 Å². The van der Waals surface area contributed by atoms with Gasteiger partial charge in [0.2, 0.25) is 0 Å². The Morgan fingerprint density at radius 2 is 1.77 bits per heavy atom. The first-order chi connectivity index (χ1) is 19.2. The lowest BCUT2D eigenvalue weighted by Crippen LogP contribution is -2.24. The monoisotopic (exact) mass is 559 g/mol. The van der Waals surface area contributed by atoms with Crippen molar-refractivity contribution in [3.8, 4) is 11.1 Å². The maximum atomic E-state index is 12.9. The number of benzene rings is 3. The molecule has 2 heterocycles. The average molecular weight is 560 g/mol. The minimum atomic E-state index is -1.39. The van der Waals surface area contributed by atoms with E-state index in [4.69, 9.17) is 4.74 Å². The molecule has 1 aliphatic rings. The number of aromatic nitrogens is 1. The van der Waals surface area contributed by atoms with Crippen molar-refractivity contribution in [2.24, 2.45) is 0 Å². The quantitative estimate of drug-likeness (QED) is 0.219. The Kier molecular flexibility index (Phi) is 9.95. The number of aldehydes is 1. The molecule has 0 aliphatic carbocycles. The fraction of sp³-hybridized carbons (Fsp3) is 0.364. The Balaban J connectivity index is 0.000000350. The summed E-state index contributed by atoms with van der Waals surface area (Å²) in [6, 6.07) is 22.3. The number of ether oxygens (including phenoxy) is 1. The van der Waals surface area contributed by atoms with Crippen molar-refractivity contribution < 1.29 is 13.7 Å². The second-order valence-electron chi connectivity index (χ2n) is 11.3. The van der Waals surface area contributed by atoms with Crippen LogP contribution in [0.5, 0.6) is 0 Å². The van der Waals surface area contributed by atoms with Gasteiger partial charge in [0.1, 0.15) is 11.0 Å². The summed E-state index contributed by atoms with van der Waals surface area (Å²) in [7, 11) is 0.632. The molecule has 7 heteroatoms. The van der Waals surface area contributed by atoms with Crippen LogP contribution in [0.4, 0.5) is 5.69 Å². The molecular formula is C33H41N3O3S. The number of hydrogen-bond donors (Lipinski definition) is 3. The van der Waals surface area contributed by atoms with Gasteiger partial charge in [0.15, 0.2) is 6.29 Å². The molecule has 4 aromatic rings. The highest BCUT2D eigenvalue weighted by atomic mass is 32.2. The molecule has 0 saturated carbocycles. The van der Waals surface area contributed by atoms with Gasteiger partial charge in [-0.25, -0.2) is 4.21 Å². The summed E-state index contributed by atoms with van der Waals surface area (Å²) in [5, 5.41) is 4.18. The first-order valence-electron chi connectivity index (χ1n) is 13.9. The summed E-state index contributed by atoms with van der Waals surface area (Å²) in [5.74, 6) is 0. The molecule has 0 radical (unpaired) electrons. The molecule has 6 nitrogen and oxygen atoms in total. The summed E-state index contributed by atoms with van der Waals surface area (Å²) in [4.78, 5) is 15.6. The second kappa shape index (κ2) is 13.4. The van der Waals surface area contributed by atoms with Crippen LogP contribution in [0.3, 0.4) is 0 Å². The highest BCUT2D eigenvalue weighted by molar-refractivity contribution is 7.86. The van der Waals surface area contributed by atoms with Crippen molar-refractivity contribution in [3.63, 3.8) is 0 Å². The number of anilines is 1. The van der Waals surface area contributed by atoms with E-state index in [-0.39, 0.29) is 5.41 Å². The fourth-order valence-corrected chi connectivity index (χ4v) is 5.76. The van der Waals surface area contributed by atoms with E-state index in [0.29, 0.717) is 11.7 Å². The van der Waals surface area contributed by atoms with Crippen LogP contribution in [0.1, 0.15) is 61.6 Å². The summed E-state index contributed by atoms with van der Waals surface area (Å²) in [5.41, 5.74) is 6.35.